The van der Waals surface area contributed by atoms with Crippen LogP contribution < -0.4 is 5.73 Å². The van der Waals surface area contributed by atoms with Crippen LogP contribution in [0.25, 0.3) is 0 Å². The van der Waals surface area contributed by atoms with Crippen molar-refractivity contribution in [1.29, 1.82) is 0 Å². The highest BCUT2D eigenvalue weighted by Crippen LogP contribution is 2.40. The standard InChI is InChI=1S/C15H18ClN3O2/c1-20-15(8-4-5-9-15)14-18-13(21-19-14)12(17)10-6-2-3-7-11(10)16/h2-3,6-7,12H,4-5,8-9,17H2,1H3/t12-/m1/s1. The maximum absolute atomic E-state index is 6.19. The molecule has 0 unspecified atom stereocenters. The normalized spacial score (nSPS) is 18.8. The summed E-state index contributed by atoms with van der Waals surface area (Å²) in [6.07, 6.45) is 4.02. The van der Waals surface area contributed by atoms with Gasteiger partial charge in [0.2, 0.25) is 11.7 Å². The maximum atomic E-state index is 6.19. The van der Waals surface area contributed by atoms with Crippen molar-refractivity contribution in [3.63, 3.8) is 0 Å². The van der Waals surface area contributed by atoms with E-state index in [0.717, 1.165) is 31.2 Å². The minimum absolute atomic E-state index is 0.362. The molecule has 1 aromatic carbocycles. The van der Waals surface area contributed by atoms with Gasteiger partial charge in [-0.2, -0.15) is 4.98 Å². The average molecular weight is 308 g/mol. The lowest BCUT2D eigenvalue weighted by Crippen LogP contribution is -2.26. The summed E-state index contributed by atoms with van der Waals surface area (Å²) >= 11 is 6.16. The van der Waals surface area contributed by atoms with Crippen molar-refractivity contribution in [2.75, 3.05) is 7.11 Å². The Hall–Kier alpha value is -1.43. The lowest BCUT2D eigenvalue weighted by Gasteiger charge is -2.22. The Kier molecular flexibility index (Phi) is 3.97. The topological polar surface area (TPSA) is 74.2 Å². The zero-order chi connectivity index (χ0) is 14.9. The van der Waals surface area contributed by atoms with E-state index >= 15 is 0 Å². The smallest absolute Gasteiger partial charge is 0.248 e. The number of ether oxygens (including phenoxy) is 1. The first kappa shape index (κ1) is 14.5. The number of benzene rings is 1. The number of hydrogen-bond donors (Lipinski definition) is 1. The molecule has 0 spiro atoms. The molecule has 0 saturated heterocycles. The molecular formula is C15H18ClN3O2. The van der Waals surface area contributed by atoms with Crippen molar-refractivity contribution < 1.29 is 9.26 Å². The zero-order valence-corrected chi connectivity index (χ0v) is 12.6. The molecule has 1 fully saturated rings. The summed E-state index contributed by atoms with van der Waals surface area (Å²) in [6, 6.07) is 6.86. The van der Waals surface area contributed by atoms with Crippen LogP contribution in [0.2, 0.25) is 5.02 Å². The highest BCUT2D eigenvalue weighted by atomic mass is 35.5. The second-order valence-electron chi connectivity index (χ2n) is 5.36. The molecule has 2 N–H and O–H groups in total. The number of nitrogens with two attached hydrogens (primary N) is 1. The predicted molar refractivity (Wildman–Crippen MR) is 78.9 cm³/mol. The van der Waals surface area contributed by atoms with Crippen molar-refractivity contribution in [2.45, 2.75) is 37.3 Å². The number of methoxy groups -OCH3 is 1. The van der Waals surface area contributed by atoms with Crippen LogP contribution in [-0.2, 0) is 10.3 Å². The summed E-state index contributed by atoms with van der Waals surface area (Å²) in [4.78, 5) is 4.47. The second-order valence-corrected chi connectivity index (χ2v) is 5.77. The van der Waals surface area contributed by atoms with Crippen LogP contribution in [0.3, 0.4) is 0 Å². The molecule has 0 radical (unpaired) electrons. The third-order valence-electron chi connectivity index (χ3n) is 4.16. The molecule has 3 rings (SSSR count). The van der Waals surface area contributed by atoms with E-state index in [4.69, 9.17) is 26.6 Å². The lowest BCUT2D eigenvalue weighted by atomic mass is 10.0. The molecule has 1 heterocycles. The van der Waals surface area contributed by atoms with Crippen molar-refractivity contribution in [3.8, 4) is 0 Å². The highest BCUT2D eigenvalue weighted by molar-refractivity contribution is 6.31. The third kappa shape index (κ3) is 2.57. The summed E-state index contributed by atoms with van der Waals surface area (Å²) < 4.78 is 11.0. The van der Waals surface area contributed by atoms with E-state index in [2.05, 4.69) is 10.1 Å². The molecule has 1 aliphatic rings. The molecule has 0 amide bonds. The van der Waals surface area contributed by atoms with E-state index in [1.54, 1.807) is 13.2 Å². The SMILES string of the molecule is COC1(c2noc([C@H](N)c3ccccc3Cl)n2)CCCC1. The van der Waals surface area contributed by atoms with Crippen molar-refractivity contribution in [2.24, 2.45) is 5.73 Å². The quantitative estimate of drug-likeness (QED) is 0.939. The first-order valence-electron chi connectivity index (χ1n) is 7.05. The Bertz CT molecular complexity index is 623. The first-order chi connectivity index (χ1) is 10.2. The summed E-state index contributed by atoms with van der Waals surface area (Å²) in [6.45, 7) is 0. The lowest BCUT2D eigenvalue weighted by molar-refractivity contribution is -0.0178. The Morgan fingerprint density at radius 1 is 1.33 bits per heavy atom. The van der Waals surface area contributed by atoms with Gasteiger partial charge in [0.25, 0.3) is 0 Å². The second kappa shape index (κ2) is 5.75. The van der Waals surface area contributed by atoms with Crippen LogP contribution in [0.4, 0.5) is 0 Å². The summed E-state index contributed by atoms with van der Waals surface area (Å²) in [5.74, 6) is 0.946. The van der Waals surface area contributed by atoms with Gasteiger partial charge in [0, 0.05) is 12.1 Å². The highest BCUT2D eigenvalue weighted by Gasteiger charge is 2.40. The Morgan fingerprint density at radius 3 is 2.71 bits per heavy atom. The molecule has 1 aliphatic carbocycles. The fourth-order valence-corrected chi connectivity index (χ4v) is 3.13. The van der Waals surface area contributed by atoms with Gasteiger partial charge in [-0.05, 0) is 37.3 Å². The molecule has 2 aromatic rings. The van der Waals surface area contributed by atoms with Crippen molar-refractivity contribution in [3.05, 3.63) is 46.6 Å². The molecule has 1 atom stereocenters. The van der Waals surface area contributed by atoms with Gasteiger partial charge in [-0.15, -0.1) is 0 Å². The van der Waals surface area contributed by atoms with Crippen LogP contribution in [0.5, 0.6) is 0 Å². The van der Waals surface area contributed by atoms with E-state index < -0.39 is 11.6 Å². The Morgan fingerprint density at radius 2 is 2.05 bits per heavy atom. The largest absolute Gasteiger partial charge is 0.370 e. The van der Waals surface area contributed by atoms with Crippen LogP contribution in [0.1, 0.15) is 49.0 Å². The van der Waals surface area contributed by atoms with E-state index in [1.807, 2.05) is 18.2 Å². The van der Waals surface area contributed by atoms with Gasteiger partial charge >= 0.3 is 0 Å². The number of halogens is 1. The van der Waals surface area contributed by atoms with Gasteiger partial charge in [0.05, 0.1) is 0 Å². The fraction of sp³-hybridized carbons (Fsp3) is 0.467. The van der Waals surface area contributed by atoms with Gasteiger partial charge in [0.1, 0.15) is 11.6 Å². The summed E-state index contributed by atoms with van der Waals surface area (Å²) in [5, 5.41) is 4.67. The van der Waals surface area contributed by atoms with E-state index in [1.165, 1.54) is 0 Å². The van der Waals surface area contributed by atoms with Crippen molar-refractivity contribution in [1.82, 2.24) is 10.1 Å². The monoisotopic (exact) mass is 307 g/mol. The van der Waals surface area contributed by atoms with E-state index in [9.17, 15) is 0 Å². The van der Waals surface area contributed by atoms with Gasteiger partial charge < -0.3 is 15.0 Å². The molecule has 6 heteroatoms. The molecule has 1 saturated carbocycles. The van der Waals surface area contributed by atoms with Crippen LogP contribution in [0, 0.1) is 0 Å². The van der Waals surface area contributed by atoms with Crippen LogP contribution in [0.15, 0.2) is 28.8 Å². The van der Waals surface area contributed by atoms with Gasteiger partial charge in [-0.1, -0.05) is 35.0 Å². The van der Waals surface area contributed by atoms with Crippen LogP contribution in [-0.4, -0.2) is 17.3 Å². The molecular weight excluding hydrogens is 290 g/mol. The number of nitrogens with zero attached hydrogens (tertiary/aromatic N) is 2. The van der Waals surface area contributed by atoms with E-state index in [-0.39, 0.29) is 0 Å². The van der Waals surface area contributed by atoms with E-state index in [0.29, 0.717) is 16.7 Å². The van der Waals surface area contributed by atoms with Crippen molar-refractivity contribution >= 4 is 11.6 Å². The minimum atomic E-state index is -0.532. The van der Waals surface area contributed by atoms with Crippen LogP contribution >= 0.6 is 11.6 Å². The molecule has 21 heavy (non-hydrogen) atoms. The number of hydrogen-bond acceptors (Lipinski definition) is 5. The first-order valence-corrected chi connectivity index (χ1v) is 7.43. The van der Waals surface area contributed by atoms with Gasteiger partial charge in [-0.3, -0.25) is 0 Å². The Balaban J connectivity index is 1.90. The molecule has 112 valence electrons. The summed E-state index contributed by atoms with van der Waals surface area (Å²) in [7, 11) is 1.69. The number of aromatic nitrogens is 2. The minimum Gasteiger partial charge on any atom is -0.370 e. The summed E-state index contributed by atoms with van der Waals surface area (Å²) in [5.41, 5.74) is 6.53. The fourth-order valence-electron chi connectivity index (χ4n) is 2.87. The van der Waals surface area contributed by atoms with Gasteiger partial charge in [0.15, 0.2) is 0 Å². The Labute approximate surface area is 128 Å². The van der Waals surface area contributed by atoms with Gasteiger partial charge in [-0.25, -0.2) is 0 Å². The number of rotatable bonds is 4. The third-order valence-corrected chi connectivity index (χ3v) is 4.50. The molecule has 5 nitrogen and oxygen atoms in total. The zero-order valence-electron chi connectivity index (χ0n) is 11.9. The molecule has 1 aromatic heterocycles. The molecule has 0 aliphatic heterocycles. The maximum Gasteiger partial charge on any atom is 0.248 e. The average Bonchev–Trinajstić information content (AvgIpc) is 3.17. The predicted octanol–water partition coefficient (Wildman–Crippen LogP) is 3.19. The molecule has 0 bridgehead atoms.